The van der Waals surface area contributed by atoms with E-state index in [0.29, 0.717) is 133 Å². The highest BCUT2D eigenvalue weighted by atomic mass is 16.3. The Morgan fingerprint density at radius 2 is 0.528 bits per heavy atom. The van der Waals surface area contributed by atoms with Crippen molar-refractivity contribution in [2.75, 3.05) is 108 Å². The van der Waals surface area contributed by atoms with Gasteiger partial charge in [0, 0.05) is 136 Å². The first-order valence-electron chi connectivity index (χ1n) is 29.9. The summed E-state index contributed by atoms with van der Waals surface area (Å²) in [4.78, 5) is 0. The van der Waals surface area contributed by atoms with Gasteiger partial charge in [-0.3, -0.25) is 0 Å². The summed E-state index contributed by atoms with van der Waals surface area (Å²) in [5, 5.41) is 57.0. The Balaban J connectivity index is 0.000000535. The number of nitrogens with two attached hydrogens (primary N) is 18. The molecular formula is C65H112N18O6. The van der Waals surface area contributed by atoms with Crippen molar-refractivity contribution in [3.05, 3.63) is 140 Å². The van der Waals surface area contributed by atoms with Crippen molar-refractivity contribution in [1.29, 1.82) is 0 Å². The maximum atomic E-state index is 9.79. The molecule has 6 aromatic rings. The largest absolute Gasteiger partial charge is 0.398 e. The van der Waals surface area contributed by atoms with Gasteiger partial charge in [0.15, 0.2) is 0 Å². The second kappa shape index (κ2) is 40.9. The van der Waals surface area contributed by atoms with E-state index in [4.69, 9.17) is 103 Å². The summed E-state index contributed by atoms with van der Waals surface area (Å²) in [5.41, 5.74) is 121. The molecule has 498 valence electrons. The third-order valence-electron chi connectivity index (χ3n) is 14.3. The number of rotatable bonds is 23. The highest BCUT2D eigenvalue weighted by Crippen LogP contribution is 2.30. The molecule has 6 rings (SSSR count). The lowest BCUT2D eigenvalue weighted by Gasteiger charge is -2.14. The molecule has 0 aromatic heterocycles. The van der Waals surface area contributed by atoms with Crippen molar-refractivity contribution in [3.8, 4) is 0 Å². The Labute approximate surface area is 527 Å². The molecule has 0 saturated carbocycles. The van der Waals surface area contributed by atoms with Gasteiger partial charge < -0.3 is 134 Å². The third-order valence-corrected chi connectivity index (χ3v) is 14.3. The molecule has 0 radical (unpaired) electrons. The molecule has 0 spiro atoms. The number of anilines is 12. The van der Waals surface area contributed by atoms with Crippen molar-refractivity contribution >= 4 is 68.2 Å². The summed E-state index contributed by atoms with van der Waals surface area (Å²) in [6.07, 6.45) is 3.85. The molecule has 42 N–H and O–H groups in total. The van der Waals surface area contributed by atoms with Crippen LogP contribution in [0.2, 0.25) is 0 Å². The van der Waals surface area contributed by atoms with Crippen LogP contribution in [-0.4, -0.2) is 100 Å². The monoisotopic (exact) mass is 1240 g/mol. The molecular weight excluding hydrogens is 1130 g/mol. The lowest BCUT2D eigenvalue weighted by Crippen LogP contribution is -2.23. The number of aliphatic hydroxyl groups excluding tert-OH is 6. The summed E-state index contributed by atoms with van der Waals surface area (Å²) in [7, 11) is 0. The molecule has 0 aliphatic heterocycles. The number of aliphatic hydroxyl groups is 6. The number of nitrogen functional groups attached to an aromatic ring is 12. The van der Waals surface area contributed by atoms with Crippen molar-refractivity contribution in [2.45, 2.75) is 149 Å². The average Bonchev–Trinajstić information content (AvgIpc) is 3.04. The van der Waals surface area contributed by atoms with Crippen molar-refractivity contribution in [2.24, 2.45) is 34.4 Å². The van der Waals surface area contributed by atoms with E-state index in [1.54, 1.807) is 12.1 Å². The second-order valence-electron chi connectivity index (χ2n) is 22.7. The molecule has 0 amide bonds. The van der Waals surface area contributed by atoms with E-state index >= 15 is 0 Å². The van der Waals surface area contributed by atoms with Crippen molar-refractivity contribution in [3.63, 3.8) is 0 Å². The van der Waals surface area contributed by atoms with Crippen LogP contribution >= 0.6 is 0 Å². The lowest BCUT2D eigenvalue weighted by atomic mass is 9.99. The Morgan fingerprint density at radius 1 is 0.270 bits per heavy atom. The molecule has 6 atom stereocenters. The molecule has 24 heteroatoms. The van der Waals surface area contributed by atoms with Gasteiger partial charge in [-0.05, 0) is 223 Å². The van der Waals surface area contributed by atoms with E-state index in [-0.39, 0.29) is 19.6 Å². The average molecular weight is 1240 g/mol. The Kier molecular flexibility index (Phi) is 36.5. The first-order chi connectivity index (χ1) is 41.8. The molecule has 6 unspecified atom stereocenters. The van der Waals surface area contributed by atoms with Crippen LogP contribution in [0.15, 0.2) is 72.8 Å². The van der Waals surface area contributed by atoms with E-state index in [9.17, 15) is 30.6 Å². The van der Waals surface area contributed by atoms with Crippen LogP contribution in [0.25, 0.3) is 0 Å². The lowest BCUT2D eigenvalue weighted by molar-refractivity contribution is 0.163. The summed E-state index contributed by atoms with van der Waals surface area (Å²) in [6, 6.07) is 22.3. The molecule has 0 aliphatic rings. The fourth-order valence-corrected chi connectivity index (χ4v) is 9.61. The van der Waals surface area contributed by atoms with Gasteiger partial charge >= 0.3 is 0 Å². The predicted molar refractivity (Wildman–Crippen MR) is 376 cm³/mol. The van der Waals surface area contributed by atoms with Crippen LogP contribution in [0.1, 0.15) is 111 Å². The van der Waals surface area contributed by atoms with Crippen molar-refractivity contribution in [1.82, 2.24) is 0 Å². The van der Waals surface area contributed by atoms with E-state index in [2.05, 4.69) is 0 Å². The highest BCUT2D eigenvalue weighted by molar-refractivity contribution is 5.67. The normalized spacial score (nSPS) is 12.7. The zero-order valence-corrected chi connectivity index (χ0v) is 53.5. The van der Waals surface area contributed by atoms with Gasteiger partial charge in [-0.15, -0.1) is 0 Å². The predicted octanol–water partition coefficient (Wildman–Crippen LogP) is 2.60. The molecule has 6 aromatic carbocycles. The minimum Gasteiger partial charge on any atom is -0.398 e. The van der Waals surface area contributed by atoms with Crippen molar-refractivity contribution < 1.29 is 30.6 Å². The van der Waals surface area contributed by atoms with E-state index in [1.165, 1.54) is 0 Å². The number of hydrogen-bond acceptors (Lipinski definition) is 24. The summed E-state index contributed by atoms with van der Waals surface area (Å²) >= 11 is 0. The van der Waals surface area contributed by atoms with Crippen LogP contribution in [0.5, 0.6) is 0 Å². The summed E-state index contributed by atoms with van der Waals surface area (Å²) in [6.45, 7) is 13.6. The zero-order chi connectivity index (χ0) is 67.8. The van der Waals surface area contributed by atoms with Crippen LogP contribution in [-0.2, 0) is 32.1 Å². The zero-order valence-electron chi connectivity index (χ0n) is 53.5. The van der Waals surface area contributed by atoms with Gasteiger partial charge in [-0.25, -0.2) is 0 Å². The molecule has 0 aliphatic carbocycles. The second-order valence-corrected chi connectivity index (χ2v) is 22.7. The van der Waals surface area contributed by atoms with Gasteiger partial charge in [0.1, 0.15) is 0 Å². The highest BCUT2D eigenvalue weighted by Gasteiger charge is 2.16. The molecule has 89 heavy (non-hydrogen) atoms. The van der Waals surface area contributed by atoms with Crippen LogP contribution < -0.4 is 103 Å². The SMILES string of the molecule is Cc1cc(N)c(C(O)CN)c(N)c1.Cc1cc(N)c(CC(O)CCCN)c(N)c1.Cc1cc(N)c(CC(O)CCN)c(N)c1.Cc1cc(N)c(CC(O)CN)c(N)c1.Cc1cc(N)c(CCC(O)CN)c(N)c1.Cc1cc(N)c(CCCC(O)CN)c(N)c1. The third kappa shape index (κ3) is 29.1. The summed E-state index contributed by atoms with van der Waals surface area (Å²) in [5.74, 6) is 0. The maximum Gasteiger partial charge on any atom is 0.0952 e. The summed E-state index contributed by atoms with van der Waals surface area (Å²) < 4.78 is 0. The van der Waals surface area contributed by atoms with E-state index < -0.39 is 36.6 Å². The standard InChI is InChI=1S/2C12H21N3O.2C11H19N3O.C10H17N3O.C9H15N3O/c1-8-5-11(14)10(12(15)6-8)7-9(16)3-2-4-13;1-8-5-11(14)10(12(15)6-8)4-2-3-9(16)7-13;1-7-4-10(13)9(11(14)5-7)6-8(15)2-3-12;1-7-4-10(13)9(11(14)5-7)3-2-8(15)6-12;1-6-2-9(12)8(10(13)3-6)4-7(14)5-11;1-5-2-6(11)9(7(12)3-5)8(13)4-10/h2*5-6,9,16H,2-4,7,13-15H2,1H3;2*4-5,8,15H,2-3,6,12-14H2,1H3;2-3,7,14H,4-5,11-13H2,1H3;2-3,8,13H,4,10-12H2,1H3. The maximum absolute atomic E-state index is 9.79. The number of aryl methyl sites for hydroxylation is 6. The Bertz CT molecular complexity index is 2920. The molecule has 0 bridgehead atoms. The van der Waals surface area contributed by atoms with Gasteiger partial charge in [0.25, 0.3) is 0 Å². The van der Waals surface area contributed by atoms with Gasteiger partial charge in [-0.1, -0.05) is 0 Å². The fraction of sp³-hybridized carbons (Fsp3) is 0.446. The first-order valence-corrected chi connectivity index (χ1v) is 29.9. The molecule has 0 saturated heterocycles. The Morgan fingerprint density at radius 3 is 0.820 bits per heavy atom. The smallest absolute Gasteiger partial charge is 0.0952 e. The molecule has 0 fully saturated rings. The van der Waals surface area contributed by atoms with Gasteiger partial charge in [0.05, 0.1) is 36.6 Å². The van der Waals surface area contributed by atoms with Gasteiger partial charge in [0.2, 0.25) is 0 Å². The van der Waals surface area contributed by atoms with Gasteiger partial charge in [-0.2, -0.15) is 0 Å². The minimum atomic E-state index is -0.777. The van der Waals surface area contributed by atoms with Crippen LogP contribution in [0.3, 0.4) is 0 Å². The van der Waals surface area contributed by atoms with E-state index in [1.807, 2.05) is 102 Å². The molecule has 24 nitrogen and oxygen atoms in total. The minimum absolute atomic E-state index is 0.122. The number of benzene rings is 6. The fourth-order valence-electron chi connectivity index (χ4n) is 9.61. The van der Waals surface area contributed by atoms with Crippen LogP contribution in [0.4, 0.5) is 68.2 Å². The topological polar surface area (TPSA) is 590 Å². The van der Waals surface area contributed by atoms with Crippen LogP contribution in [0, 0.1) is 41.5 Å². The first kappa shape index (κ1) is 79.5. The molecule has 0 heterocycles. The van der Waals surface area contributed by atoms with E-state index in [0.717, 1.165) is 91.8 Å². The number of hydrogen-bond donors (Lipinski definition) is 24. The Hall–Kier alpha value is -7.56. The quantitative estimate of drug-likeness (QED) is 0.0410.